The molecule has 0 saturated carbocycles. The first-order chi connectivity index (χ1) is 9.69. The predicted molar refractivity (Wildman–Crippen MR) is 84.7 cm³/mol. The van der Waals surface area contributed by atoms with Crippen molar-refractivity contribution in [1.82, 2.24) is 5.32 Å². The van der Waals surface area contributed by atoms with Crippen LogP contribution in [0.15, 0.2) is 40.8 Å². The summed E-state index contributed by atoms with van der Waals surface area (Å²) in [5.41, 5.74) is 2.55. The molecule has 2 heteroatoms. The van der Waals surface area contributed by atoms with E-state index in [0.29, 0.717) is 5.92 Å². The Morgan fingerprint density at radius 2 is 2.00 bits per heavy atom. The third-order valence-electron chi connectivity index (χ3n) is 3.24. The number of benzene rings is 1. The summed E-state index contributed by atoms with van der Waals surface area (Å²) in [5, 5.41) is 3.36. The Bertz CT molecular complexity index is 528. The lowest BCUT2D eigenvalue weighted by molar-refractivity contribution is 0.493. The number of rotatable bonds is 7. The Morgan fingerprint density at radius 1 is 1.15 bits per heavy atom. The molecule has 2 rings (SSSR count). The van der Waals surface area contributed by atoms with Gasteiger partial charge in [-0.05, 0) is 49.1 Å². The number of hydrogen-bond donors (Lipinski definition) is 1. The molecule has 0 atom stereocenters. The van der Waals surface area contributed by atoms with Gasteiger partial charge in [0.25, 0.3) is 0 Å². The molecule has 20 heavy (non-hydrogen) atoms. The van der Waals surface area contributed by atoms with Gasteiger partial charge in [-0.3, -0.25) is 0 Å². The van der Waals surface area contributed by atoms with Crippen LogP contribution in [-0.2, 0) is 13.0 Å². The van der Waals surface area contributed by atoms with Crippen LogP contribution in [0.5, 0.6) is 0 Å². The van der Waals surface area contributed by atoms with Gasteiger partial charge in [-0.15, -0.1) is 0 Å². The molecule has 1 N–H and O–H groups in total. The third kappa shape index (κ3) is 4.24. The minimum absolute atomic E-state index is 0.677. The zero-order valence-electron chi connectivity index (χ0n) is 12.8. The van der Waals surface area contributed by atoms with Crippen molar-refractivity contribution < 1.29 is 4.42 Å². The highest BCUT2D eigenvalue weighted by atomic mass is 16.3. The molecule has 0 unspecified atom stereocenters. The molecule has 1 aromatic carbocycles. The summed E-state index contributed by atoms with van der Waals surface area (Å²) in [7, 11) is 0. The van der Waals surface area contributed by atoms with Crippen molar-refractivity contribution in [2.24, 2.45) is 5.92 Å². The minimum atomic E-state index is 0.677. The van der Waals surface area contributed by atoms with Gasteiger partial charge >= 0.3 is 0 Å². The largest absolute Gasteiger partial charge is 0.460 e. The highest BCUT2D eigenvalue weighted by Crippen LogP contribution is 2.24. The van der Waals surface area contributed by atoms with Crippen LogP contribution >= 0.6 is 0 Å². The second-order valence-electron chi connectivity index (χ2n) is 5.74. The quantitative estimate of drug-likeness (QED) is 0.742. The van der Waals surface area contributed by atoms with Crippen molar-refractivity contribution in [2.75, 3.05) is 6.54 Å². The minimum Gasteiger partial charge on any atom is -0.460 e. The summed E-state index contributed by atoms with van der Waals surface area (Å²) in [6, 6.07) is 12.8. The number of furan rings is 1. The molecule has 0 amide bonds. The first-order valence-corrected chi connectivity index (χ1v) is 7.57. The van der Waals surface area contributed by atoms with Crippen molar-refractivity contribution in [3.63, 3.8) is 0 Å². The Balaban J connectivity index is 2.07. The van der Waals surface area contributed by atoms with E-state index in [1.54, 1.807) is 0 Å². The van der Waals surface area contributed by atoms with Gasteiger partial charge in [0, 0.05) is 5.56 Å². The summed E-state index contributed by atoms with van der Waals surface area (Å²) < 4.78 is 5.91. The number of nitrogens with one attached hydrogen (secondary N) is 1. The molecular formula is C18H25NO. The maximum atomic E-state index is 5.91. The molecular weight excluding hydrogens is 246 g/mol. The lowest BCUT2D eigenvalue weighted by Crippen LogP contribution is -2.12. The maximum Gasteiger partial charge on any atom is 0.134 e. The van der Waals surface area contributed by atoms with Crippen LogP contribution in [0.4, 0.5) is 0 Å². The van der Waals surface area contributed by atoms with Crippen molar-refractivity contribution in [3.05, 3.63) is 47.7 Å². The van der Waals surface area contributed by atoms with E-state index in [0.717, 1.165) is 37.5 Å². The molecule has 2 nitrogen and oxygen atoms in total. The van der Waals surface area contributed by atoms with Gasteiger partial charge in [0.2, 0.25) is 0 Å². The van der Waals surface area contributed by atoms with Crippen LogP contribution in [0.1, 0.15) is 38.5 Å². The summed E-state index contributed by atoms with van der Waals surface area (Å²) >= 11 is 0. The van der Waals surface area contributed by atoms with Crippen LogP contribution in [-0.4, -0.2) is 6.54 Å². The lowest BCUT2D eigenvalue weighted by atomic mass is 10.0. The topological polar surface area (TPSA) is 25.2 Å². The Morgan fingerprint density at radius 3 is 2.75 bits per heavy atom. The summed E-state index contributed by atoms with van der Waals surface area (Å²) in [5.74, 6) is 2.64. The zero-order valence-corrected chi connectivity index (χ0v) is 12.8. The van der Waals surface area contributed by atoms with Gasteiger partial charge in [0.05, 0.1) is 6.54 Å². The van der Waals surface area contributed by atoms with Crippen LogP contribution in [0.2, 0.25) is 0 Å². The SMILES string of the molecule is CCCNCc1ccc(-c2cccc(CC(C)C)c2)o1. The first kappa shape index (κ1) is 14.9. The van der Waals surface area contributed by atoms with Crippen LogP contribution < -0.4 is 5.32 Å². The number of hydrogen-bond acceptors (Lipinski definition) is 2. The molecule has 0 aliphatic rings. The van der Waals surface area contributed by atoms with E-state index < -0.39 is 0 Å². The normalized spacial score (nSPS) is 11.2. The average Bonchev–Trinajstić information content (AvgIpc) is 2.87. The van der Waals surface area contributed by atoms with Crippen molar-refractivity contribution >= 4 is 0 Å². The molecule has 0 aliphatic heterocycles. The first-order valence-electron chi connectivity index (χ1n) is 7.57. The van der Waals surface area contributed by atoms with Gasteiger partial charge in [0.15, 0.2) is 0 Å². The van der Waals surface area contributed by atoms with Gasteiger partial charge in [-0.25, -0.2) is 0 Å². The van der Waals surface area contributed by atoms with E-state index >= 15 is 0 Å². The van der Waals surface area contributed by atoms with Crippen molar-refractivity contribution in [1.29, 1.82) is 0 Å². The zero-order chi connectivity index (χ0) is 14.4. The Hall–Kier alpha value is -1.54. The fraction of sp³-hybridized carbons (Fsp3) is 0.444. The second-order valence-corrected chi connectivity index (χ2v) is 5.74. The second kappa shape index (κ2) is 7.30. The van der Waals surface area contributed by atoms with Crippen LogP contribution in [0.25, 0.3) is 11.3 Å². The fourth-order valence-corrected chi connectivity index (χ4v) is 2.34. The highest BCUT2D eigenvalue weighted by molar-refractivity contribution is 5.58. The molecule has 0 spiro atoms. The van der Waals surface area contributed by atoms with E-state index in [-0.39, 0.29) is 0 Å². The Kier molecular flexibility index (Phi) is 5.42. The summed E-state index contributed by atoms with van der Waals surface area (Å²) in [6.07, 6.45) is 2.25. The van der Waals surface area contributed by atoms with Gasteiger partial charge in [0.1, 0.15) is 11.5 Å². The fourth-order valence-electron chi connectivity index (χ4n) is 2.34. The molecule has 0 aliphatic carbocycles. The molecule has 0 radical (unpaired) electrons. The molecule has 108 valence electrons. The molecule has 1 aromatic heterocycles. The summed E-state index contributed by atoms with van der Waals surface area (Å²) in [4.78, 5) is 0. The lowest BCUT2D eigenvalue weighted by Gasteiger charge is -2.06. The standard InChI is InChI=1S/C18H25NO/c1-4-10-19-13-17-8-9-18(20-17)16-7-5-6-15(12-16)11-14(2)3/h5-9,12,14,19H,4,10-11,13H2,1-3H3. The molecule has 0 fully saturated rings. The van der Waals surface area contributed by atoms with E-state index in [9.17, 15) is 0 Å². The van der Waals surface area contributed by atoms with E-state index in [2.05, 4.69) is 62.5 Å². The molecule has 2 aromatic rings. The van der Waals surface area contributed by atoms with Crippen LogP contribution in [0, 0.1) is 5.92 Å². The van der Waals surface area contributed by atoms with Gasteiger partial charge in [-0.2, -0.15) is 0 Å². The molecule has 1 heterocycles. The van der Waals surface area contributed by atoms with E-state index in [1.807, 2.05) is 0 Å². The molecule has 0 saturated heterocycles. The van der Waals surface area contributed by atoms with Crippen molar-refractivity contribution in [3.8, 4) is 11.3 Å². The third-order valence-corrected chi connectivity index (χ3v) is 3.24. The predicted octanol–water partition coefficient (Wildman–Crippen LogP) is 4.64. The highest BCUT2D eigenvalue weighted by Gasteiger charge is 2.06. The maximum absolute atomic E-state index is 5.91. The average molecular weight is 271 g/mol. The summed E-state index contributed by atoms with van der Waals surface area (Å²) in [6.45, 7) is 8.49. The smallest absolute Gasteiger partial charge is 0.134 e. The van der Waals surface area contributed by atoms with Crippen molar-refractivity contribution in [2.45, 2.75) is 40.2 Å². The van der Waals surface area contributed by atoms with Gasteiger partial charge in [-0.1, -0.05) is 39.0 Å². The van der Waals surface area contributed by atoms with Gasteiger partial charge < -0.3 is 9.73 Å². The molecule has 0 bridgehead atoms. The van der Waals surface area contributed by atoms with Crippen LogP contribution in [0.3, 0.4) is 0 Å². The van der Waals surface area contributed by atoms with E-state index in [4.69, 9.17) is 4.42 Å². The monoisotopic (exact) mass is 271 g/mol. The van der Waals surface area contributed by atoms with E-state index in [1.165, 1.54) is 11.1 Å². The Labute approximate surface area is 122 Å².